The van der Waals surface area contributed by atoms with E-state index in [-0.39, 0.29) is 6.61 Å². The molecule has 0 spiro atoms. The predicted molar refractivity (Wildman–Crippen MR) is 80.9 cm³/mol. The Morgan fingerprint density at radius 2 is 2.10 bits per heavy atom. The smallest absolute Gasteiger partial charge is 0.338 e. The van der Waals surface area contributed by atoms with Crippen molar-refractivity contribution in [2.24, 2.45) is 5.41 Å². The zero-order valence-corrected chi connectivity index (χ0v) is 12.8. The van der Waals surface area contributed by atoms with Crippen LogP contribution in [0.3, 0.4) is 0 Å². The Labute approximate surface area is 125 Å². The molecule has 5 heteroatoms. The number of nitrogens with two attached hydrogens (primary N) is 1. The average Bonchev–Trinajstić information content (AvgIpc) is 2.43. The molecular formula is C16H22N2O3. The minimum Gasteiger partial charge on any atom is -0.494 e. The van der Waals surface area contributed by atoms with E-state index < -0.39 is 11.4 Å². The highest BCUT2D eigenvalue weighted by molar-refractivity contribution is 5.91. The minimum absolute atomic E-state index is 0.280. The fourth-order valence-corrected chi connectivity index (χ4v) is 1.81. The third kappa shape index (κ3) is 5.74. The number of hydrogen-bond acceptors (Lipinski definition) is 5. The molecule has 0 aliphatic carbocycles. The van der Waals surface area contributed by atoms with Gasteiger partial charge in [0, 0.05) is 11.8 Å². The Morgan fingerprint density at radius 1 is 1.38 bits per heavy atom. The summed E-state index contributed by atoms with van der Waals surface area (Å²) in [6, 6.07) is 7.05. The number of ether oxygens (including phenoxy) is 2. The van der Waals surface area contributed by atoms with Crippen molar-refractivity contribution in [2.75, 3.05) is 18.9 Å². The number of carbonyl (C=O) groups excluding carboxylic acids is 1. The number of esters is 1. The van der Waals surface area contributed by atoms with E-state index in [0.717, 1.165) is 0 Å². The molecule has 114 valence electrons. The standard InChI is InChI=1S/C16H22N2O3/c1-4-20-14-9-12(8-13(18)10-14)15(19)21-7-5-6-16(2,3)11-17/h8-10H,4-7,18H2,1-3H3. The lowest BCUT2D eigenvalue weighted by Gasteiger charge is -2.14. The van der Waals surface area contributed by atoms with Crippen LogP contribution in [0.15, 0.2) is 18.2 Å². The Bertz CT molecular complexity index is 533. The van der Waals surface area contributed by atoms with Crippen LogP contribution in [0.4, 0.5) is 5.69 Å². The van der Waals surface area contributed by atoms with Crippen LogP contribution in [0.5, 0.6) is 5.75 Å². The summed E-state index contributed by atoms with van der Waals surface area (Å²) in [7, 11) is 0. The summed E-state index contributed by atoms with van der Waals surface area (Å²) in [5, 5.41) is 8.91. The number of nitrogens with zero attached hydrogens (tertiary/aromatic N) is 1. The van der Waals surface area contributed by atoms with Crippen molar-refractivity contribution in [3.63, 3.8) is 0 Å². The van der Waals surface area contributed by atoms with Crippen LogP contribution in [-0.2, 0) is 4.74 Å². The molecule has 1 aromatic rings. The first-order chi connectivity index (χ1) is 9.88. The van der Waals surface area contributed by atoms with E-state index in [4.69, 9.17) is 20.5 Å². The van der Waals surface area contributed by atoms with Gasteiger partial charge in [0.25, 0.3) is 0 Å². The van der Waals surface area contributed by atoms with Crippen LogP contribution in [0.25, 0.3) is 0 Å². The fourth-order valence-electron chi connectivity index (χ4n) is 1.81. The molecular weight excluding hydrogens is 268 g/mol. The van der Waals surface area contributed by atoms with Crippen LogP contribution in [0, 0.1) is 16.7 Å². The lowest BCUT2D eigenvalue weighted by molar-refractivity contribution is 0.0490. The van der Waals surface area contributed by atoms with E-state index in [1.807, 2.05) is 20.8 Å². The van der Waals surface area contributed by atoms with Crippen molar-refractivity contribution in [3.8, 4) is 11.8 Å². The SMILES string of the molecule is CCOc1cc(N)cc(C(=O)OCCCC(C)(C)C#N)c1. The molecule has 0 saturated carbocycles. The van der Waals surface area contributed by atoms with Crippen molar-refractivity contribution < 1.29 is 14.3 Å². The van der Waals surface area contributed by atoms with Crippen LogP contribution in [0.1, 0.15) is 44.0 Å². The highest BCUT2D eigenvalue weighted by Gasteiger charge is 2.16. The van der Waals surface area contributed by atoms with E-state index in [0.29, 0.717) is 36.4 Å². The summed E-state index contributed by atoms with van der Waals surface area (Å²) in [6.07, 6.45) is 1.32. The molecule has 1 rings (SSSR count). The van der Waals surface area contributed by atoms with Gasteiger partial charge in [0.2, 0.25) is 0 Å². The van der Waals surface area contributed by atoms with Crippen molar-refractivity contribution in [2.45, 2.75) is 33.6 Å². The molecule has 0 fully saturated rings. The van der Waals surface area contributed by atoms with E-state index in [9.17, 15) is 4.79 Å². The minimum atomic E-state index is -0.432. The fraction of sp³-hybridized carbons (Fsp3) is 0.500. The van der Waals surface area contributed by atoms with E-state index >= 15 is 0 Å². The monoisotopic (exact) mass is 290 g/mol. The van der Waals surface area contributed by atoms with Gasteiger partial charge in [0.05, 0.1) is 30.3 Å². The first-order valence-electron chi connectivity index (χ1n) is 6.99. The zero-order chi connectivity index (χ0) is 15.9. The molecule has 0 radical (unpaired) electrons. The normalized spacial score (nSPS) is 10.8. The van der Waals surface area contributed by atoms with E-state index in [1.54, 1.807) is 18.2 Å². The van der Waals surface area contributed by atoms with Crippen LogP contribution >= 0.6 is 0 Å². The zero-order valence-electron chi connectivity index (χ0n) is 12.8. The highest BCUT2D eigenvalue weighted by Crippen LogP contribution is 2.22. The summed E-state index contributed by atoms with van der Waals surface area (Å²) < 4.78 is 10.5. The molecule has 0 heterocycles. The lowest BCUT2D eigenvalue weighted by atomic mass is 9.90. The van der Waals surface area contributed by atoms with Crippen molar-refractivity contribution in [1.29, 1.82) is 5.26 Å². The Morgan fingerprint density at radius 3 is 2.71 bits per heavy atom. The molecule has 1 aromatic carbocycles. The molecule has 0 unspecified atom stereocenters. The quantitative estimate of drug-likeness (QED) is 0.473. The third-order valence-electron chi connectivity index (χ3n) is 2.96. The molecule has 0 amide bonds. The first kappa shape index (κ1) is 16.8. The topological polar surface area (TPSA) is 85.3 Å². The number of hydrogen-bond donors (Lipinski definition) is 1. The maximum atomic E-state index is 11.9. The largest absolute Gasteiger partial charge is 0.494 e. The summed E-state index contributed by atoms with van der Waals surface area (Å²) in [4.78, 5) is 11.9. The molecule has 0 atom stereocenters. The Balaban J connectivity index is 2.54. The number of benzene rings is 1. The molecule has 0 aromatic heterocycles. The Kier molecular flexibility index (Phi) is 6.04. The van der Waals surface area contributed by atoms with Gasteiger partial charge in [-0.15, -0.1) is 0 Å². The van der Waals surface area contributed by atoms with Gasteiger partial charge < -0.3 is 15.2 Å². The maximum Gasteiger partial charge on any atom is 0.338 e. The Hall–Kier alpha value is -2.22. The maximum absolute atomic E-state index is 11.9. The summed E-state index contributed by atoms with van der Waals surface area (Å²) in [5.41, 5.74) is 6.17. The number of carbonyl (C=O) groups is 1. The van der Waals surface area contributed by atoms with Crippen molar-refractivity contribution >= 4 is 11.7 Å². The number of nitrogen functional groups attached to an aromatic ring is 1. The molecule has 0 aliphatic rings. The van der Waals surface area contributed by atoms with E-state index in [2.05, 4.69) is 6.07 Å². The van der Waals surface area contributed by atoms with Gasteiger partial charge in [0.1, 0.15) is 5.75 Å². The summed E-state index contributed by atoms with van der Waals surface area (Å²) >= 11 is 0. The lowest BCUT2D eigenvalue weighted by Crippen LogP contribution is -2.12. The van der Waals surface area contributed by atoms with Crippen LogP contribution in [-0.4, -0.2) is 19.2 Å². The number of anilines is 1. The van der Waals surface area contributed by atoms with E-state index in [1.165, 1.54) is 0 Å². The second-order valence-electron chi connectivity index (χ2n) is 5.46. The van der Waals surface area contributed by atoms with Gasteiger partial charge in [-0.1, -0.05) is 0 Å². The third-order valence-corrected chi connectivity index (χ3v) is 2.96. The second kappa shape index (κ2) is 7.53. The first-order valence-corrected chi connectivity index (χ1v) is 6.99. The van der Waals surface area contributed by atoms with Gasteiger partial charge >= 0.3 is 5.97 Å². The highest BCUT2D eigenvalue weighted by atomic mass is 16.5. The number of nitriles is 1. The number of rotatable bonds is 7. The predicted octanol–water partition coefficient (Wildman–Crippen LogP) is 3.15. The van der Waals surface area contributed by atoms with Gasteiger partial charge in [-0.25, -0.2) is 4.79 Å². The molecule has 0 bridgehead atoms. The van der Waals surface area contributed by atoms with Gasteiger partial charge in [-0.05, 0) is 45.7 Å². The van der Waals surface area contributed by atoms with Crippen LogP contribution in [0.2, 0.25) is 0 Å². The molecule has 0 aliphatic heterocycles. The summed E-state index contributed by atoms with van der Waals surface area (Å²) in [6.45, 7) is 6.37. The molecule has 2 N–H and O–H groups in total. The average molecular weight is 290 g/mol. The van der Waals surface area contributed by atoms with Gasteiger partial charge in [-0.2, -0.15) is 5.26 Å². The van der Waals surface area contributed by atoms with Crippen LogP contribution < -0.4 is 10.5 Å². The van der Waals surface area contributed by atoms with Crippen molar-refractivity contribution in [1.82, 2.24) is 0 Å². The van der Waals surface area contributed by atoms with Gasteiger partial charge in [0.15, 0.2) is 0 Å². The summed E-state index contributed by atoms with van der Waals surface area (Å²) in [5.74, 6) is 0.119. The molecule has 0 saturated heterocycles. The molecule has 5 nitrogen and oxygen atoms in total. The van der Waals surface area contributed by atoms with Crippen molar-refractivity contribution in [3.05, 3.63) is 23.8 Å². The molecule has 21 heavy (non-hydrogen) atoms. The second-order valence-corrected chi connectivity index (χ2v) is 5.46. The van der Waals surface area contributed by atoms with Gasteiger partial charge in [-0.3, -0.25) is 0 Å².